The van der Waals surface area contributed by atoms with Crippen LogP contribution in [0, 0.1) is 11.8 Å². The van der Waals surface area contributed by atoms with Crippen LogP contribution >= 0.6 is 0 Å². The number of allylic oxidation sites excluding steroid dienone is 10. The van der Waals surface area contributed by atoms with E-state index in [-0.39, 0.29) is 18.4 Å². The Balaban J connectivity index is 0.921. The minimum atomic E-state index is 0.104. The lowest BCUT2D eigenvalue weighted by atomic mass is 9.79. The van der Waals surface area contributed by atoms with Gasteiger partial charge in [0, 0.05) is 70.1 Å². The predicted molar refractivity (Wildman–Crippen MR) is 280 cm³/mol. The average molecular weight is 901 g/mol. The Bertz CT molecular complexity index is 2860. The molecule has 0 amide bonds. The summed E-state index contributed by atoms with van der Waals surface area (Å²) in [6.07, 6.45) is 45.6. The zero-order valence-corrected chi connectivity index (χ0v) is 40.0. The SMILES string of the molecule is C1=CCC(C2N=C(C3=C(c4cccc5c4OC4Cc6c(c7ccccc7n6C6=CCCCC6)CC54)NCC(c4cc(C5=CCCCC5)cc(C5C=CCCC5)c4)C3)NC(C3C=CCCC3)[NH2+]2)C=C1. The van der Waals surface area contributed by atoms with Crippen molar-refractivity contribution in [3.8, 4) is 5.75 Å². The van der Waals surface area contributed by atoms with Gasteiger partial charge in [-0.2, -0.15) is 0 Å². The van der Waals surface area contributed by atoms with Gasteiger partial charge in [-0.25, -0.2) is 4.99 Å². The fraction of sp³-hybridized carbons (Fsp3) is 0.435. The monoisotopic (exact) mass is 901 g/mol. The normalized spacial score (nSPS) is 29.8. The molecule has 3 aliphatic heterocycles. The van der Waals surface area contributed by atoms with Crippen molar-refractivity contribution in [3.05, 3.63) is 166 Å². The van der Waals surface area contributed by atoms with E-state index >= 15 is 0 Å². The van der Waals surface area contributed by atoms with Crippen molar-refractivity contribution in [1.82, 2.24) is 15.2 Å². The lowest BCUT2D eigenvalue weighted by molar-refractivity contribution is -0.735. The van der Waals surface area contributed by atoms with Gasteiger partial charge in [-0.1, -0.05) is 109 Å². The number of aromatic nitrogens is 1. The lowest BCUT2D eigenvalue weighted by Crippen LogP contribution is -3.01. The molecule has 68 heavy (non-hydrogen) atoms. The summed E-state index contributed by atoms with van der Waals surface area (Å²) in [6.45, 7) is 0.877. The maximum atomic E-state index is 7.42. The van der Waals surface area contributed by atoms with E-state index in [1.54, 1.807) is 5.57 Å². The van der Waals surface area contributed by atoms with Gasteiger partial charge in [0.15, 0.2) is 12.3 Å². The van der Waals surface area contributed by atoms with Crippen molar-refractivity contribution in [3.63, 3.8) is 0 Å². The molecule has 0 radical (unpaired) electrons. The summed E-state index contributed by atoms with van der Waals surface area (Å²) in [6, 6.07) is 23.9. The molecule has 4 N–H and O–H groups in total. The highest BCUT2D eigenvalue weighted by molar-refractivity contribution is 6.06. The van der Waals surface area contributed by atoms with Crippen molar-refractivity contribution in [2.45, 2.75) is 152 Å². The number of hydrogen-bond donors (Lipinski definition) is 3. The largest absolute Gasteiger partial charge is 0.488 e. The number of nitrogens with two attached hydrogens (primary N) is 1. The van der Waals surface area contributed by atoms with E-state index < -0.39 is 0 Å². The highest BCUT2D eigenvalue weighted by Gasteiger charge is 2.44. The Morgan fingerprint density at radius 2 is 1.62 bits per heavy atom. The second-order valence-corrected chi connectivity index (χ2v) is 21.6. The molecular formula is C62H70N5O+. The van der Waals surface area contributed by atoms with E-state index in [2.05, 4.69) is 142 Å². The number of benzene rings is 3. The summed E-state index contributed by atoms with van der Waals surface area (Å²) in [5.74, 6) is 4.09. The molecule has 0 fully saturated rings. The maximum absolute atomic E-state index is 7.42. The molecule has 0 spiro atoms. The fourth-order valence-corrected chi connectivity index (χ4v) is 13.9. The van der Waals surface area contributed by atoms with Crippen molar-refractivity contribution in [2.75, 3.05) is 6.54 Å². The van der Waals surface area contributed by atoms with E-state index in [9.17, 15) is 0 Å². The van der Waals surface area contributed by atoms with E-state index in [0.29, 0.717) is 29.6 Å². The molecule has 4 aromatic rings. The van der Waals surface area contributed by atoms with E-state index in [1.165, 1.54) is 150 Å². The average Bonchev–Trinajstić information content (AvgIpc) is 3.96. The van der Waals surface area contributed by atoms with Crippen molar-refractivity contribution in [2.24, 2.45) is 16.8 Å². The molecular weight excluding hydrogens is 831 g/mol. The first-order valence-electron chi connectivity index (χ1n) is 27.0. The van der Waals surface area contributed by atoms with Crippen LogP contribution in [0.25, 0.3) is 27.9 Å². The zero-order valence-electron chi connectivity index (χ0n) is 40.0. The Hall–Kier alpha value is -5.59. The minimum absolute atomic E-state index is 0.104. The molecule has 6 heteroatoms. The van der Waals surface area contributed by atoms with Crippen LogP contribution in [-0.4, -0.2) is 35.4 Å². The molecule has 8 atom stereocenters. The number of hydrogen-bond acceptors (Lipinski definition) is 4. The first kappa shape index (κ1) is 42.5. The van der Waals surface area contributed by atoms with Crippen molar-refractivity contribution in [1.29, 1.82) is 0 Å². The van der Waals surface area contributed by atoms with Gasteiger partial charge in [0.05, 0.1) is 17.1 Å². The molecule has 0 saturated carbocycles. The van der Waals surface area contributed by atoms with Crippen molar-refractivity contribution < 1.29 is 10.1 Å². The number of ether oxygens (including phenoxy) is 1. The Labute approximate surface area is 404 Å². The molecule has 348 valence electrons. The number of quaternary nitrogens is 1. The molecule has 13 rings (SSSR count). The summed E-state index contributed by atoms with van der Waals surface area (Å²) in [4.78, 5) is 5.80. The lowest BCUT2D eigenvalue weighted by Gasteiger charge is -2.38. The van der Waals surface area contributed by atoms with Gasteiger partial charge < -0.3 is 25.3 Å². The molecule has 0 bridgehead atoms. The van der Waals surface area contributed by atoms with E-state index in [0.717, 1.165) is 50.2 Å². The van der Waals surface area contributed by atoms with Gasteiger partial charge >= 0.3 is 0 Å². The number of amidine groups is 1. The molecule has 6 nitrogen and oxygen atoms in total. The highest BCUT2D eigenvalue weighted by atomic mass is 16.5. The van der Waals surface area contributed by atoms with Crippen LogP contribution < -0.4 is 20.7 Å². The van der Waals surface area contributed by atoms with Crippen LogP contribution in [0.1, 0.15) is 160 Å². The van der Waals surface area contributed by atoms with Gasteiger partial charge in [-0.3, -0.25) is 0 Å². The summed E-state index contributed by atoms with van der Waals surface area (Å²) in [5, 5.41) is 12.4. The molecule has 0 saturated heterocycles. The smallest absolute Gasteiger partial charge is 0.190 e. The third kappa shape index (κ3) is 7.89. The van der Waals surface area contributed by atoms with Crippen LogP contribution in [0.3, 0.4) is 0 Å². The zero-order chi connectivity index (χ0) is 45.0. The second-order valence-electron chi connectivity index (χ2n) is 21.6. The van der Waals surface area contributed by atoms with Gasteiger partial charge in [0.2, 0.25) is 0 Å². The third-order valence-electron chi connectivity index (χ3n) is 17.4. The van der Waals surface area contributed by atoms with E-state index in [4.69, 9.17) is 9.73 Å². The van der Waals surface area contributed by atoms with Gasteiger partial charge in [0.25, 0.3) is 0 Å². The fourth-order valence-electron chi connectivity index (χ4n) is 13.9. The van der Waals surface area contributed by atoms with Crippen molar-refractivity contribution >= 4 is 33.7 Å². The number of para-hydroxylation sites is 2. The molecule has 6 aliphatic carbocycles. The number of nitrogens with zero attached hydrogens (tertiary/aromatic N) is 2. The van der Waals surface area contributed by atoms with Gasteiger partial charge in [-0.15, -0.1) is 0 Å². The van der Waals surface area contributed by atoms with Gasteiger partial charge in [-0.05, 0) is 149 Å². The number of aliphatic imine (C=N–C) groups is 1. The van der Waals surface area contributed by atoms with Crippen LogP contribution in [0.2, 0.25) is 0 Å². The van der Waals surface area contributed by atoms with Crippen LogP contribution in [0.15, 0.2) is 132 Å². The van der Waals surface area contributed by atoms with Crippen LogP contribution in [0.4, 0.5) is 0 Å². The summed E-state index contributed by atoms with van der Waals surface area (Å²) < 4.78 is 10.1. The van der Waals surface area contributed by atoms with Gasteiger partial charge in [0.1, 0.15) is 17.7 Å². The molecule has 3 aromatic carbocycles. The predicted octanol–water partition coefficient (Wildman–Crippen LogP) is 12.7. The number of rotatable bonds is 8. The quantitative estimate of drug-likeness (QED) is 0.154. The molecule has 8 unspecified atom stereocenters. The summed E-state index contributed by atoms with van der Waals surface area (Å²) >= 11 is 0. The second kappa shape index (κ2) is 18.4. The molecule has 9 aliphatic rings. The summed E-state index contributed by atoms with van der Waals surface area (Å²) in [5.41, 5.74) is 16.9. The van der Waals surface area contributed by atoms with Crippen LogP contribution in [-0.2, 0) is 12.8 Å². The Morgan fingerprint density at radius 3 is 2.44 bits per heavy atom. The molecule has 1 aromatic heterocycles. The minimum Gasteiger partial charge on any atom is -0.488 e. The first-order chi connectivity index (χ1) is 33.7. The highest BCUT2D eigenvalue weighted by Crippen LogP contribution is 2.51. The molecule has 4 heterocycles. The Kier molecular flexibility index (Phi) is 11.5. The third-order valence-corrected chi connectivity index (χ3v) is 17.4. The van der Waals surface area contributed by atoms with Crippen LogP contribution in [0.5, 0.6) is 5.75 Å². The first-order valence-corrected chi connectivity index (χ1v) is 27.0. The number of nitrogens with one attached hydrogen (secondary N) is 2. The summed E-state index contributed by atoms with van der Waals surface area (Å²) in [7, 11) is 0. The Morgan fingerprint density at radius 1 is 0.735 bits per heavy atom. The topological polar surface area (TPSA) is 67.2 Å². The van der Waals surface area contributed by atoms with E-state index in [1.807, 2.05) is 0 Å². The number of fused-ring (bicyclic) bond motifs is 6. The standard InChI is InChI=1S/C62H69N5O/c1-6-19-40(20-7-1)44-33-45(41-21-8-2-9-22-41)35-46(34-44)47-36-54(62-65-60(42-23-10-3-11-24-42)64-61(66-62)43-25-12-4-13-26-43)58(63-39-47)51-31-18-30-50-53-37-52-49-29-16-17-32-55(49)67(48-27-14-5-15-28-48)56(52)38-57(53)68-59(50)51/h3,6,10-12,16-19,21,23,25,27,29-35,40,42-43,47,53,57,60-61,63-64H,1-2,4-5,7-9,13-15,20,22,24,26,28,36-39H2,(H,65,66)/p+1. The maximum Gasteiger partial charge on any atom is 0.190 e.